The van der Waals surface area contributed by atoms with Crippen molar-refractivity contribution in [2.45, 2.75) is 16.7 Å². The van der Waals surface area contributed by atoms with Crippen LogP contribution in [0.4, 0.5) is 11.4 Å². The van der Waals surface area contributed by atoms with E-state index >= 15 is 0 Å². The molecular formula is C23H27N3O5S2. The number of sulfone groups is 1. The molecule has 2 aromatic rings. The van der Waals surface area contributed by atoms with Crippen LogP contribution in [0, 0.1) is 5.92 Å². The molecule has 0 spiro atoms. The number of nitrogens with zero attached hydrogens (tertiary/aromatic N) is 2. The maximum atomic E-state index is 13.0. The molecule has 1 fully saturated rings. The Morgan fingerprint density at radius 2 is 1.91 bits per heavy atom. The van der Waals surface area contributed by atoms with Crippen molar-refractivity contribution in [3.8, 4) is 5.75 Å². The number of benzene rings is 2. The first-order valence-electron chi connectivity index (χ1n) is 10.7. The van der Waals surface area contributed by atoms with Crippen molar-refractivity contribution in [1.82, 2.24) is 4.90 Å². The predicted octanol–water partition coefficient (Wildman–Crippen LogP) is 2.50. The van der Waals surface area contributed by atoms with E-state index in [-0.39, 0.29) is 22.5 Å². The van der Waals surface area contributed by atoms with Gasteiger partial charge in [0.25, 0.3) is 0 Å². The highest BCUT2D eigenvalue weighted by molar-refractivity contribution is 8.00. The van der Waals surface area contributed by atoms with E-state index in [1.807, 2.05) is 24.3 Å². The summed E-state index contributed by atoms with van der Waals surface area (Å²) < 4.78 is 31.3. The van der Waals surface area contributed by atoms with Gasteiger partial charge < -0.3 is 19.9 Å². The number of piperazine rings is 1. The molecule has 0 saturated carbocycles. The highest BCUT2D eigenvalue weighted by Gasteiger charge is 2.30. The monoisotopic (exact) mass is 489 g/mol. The van der Waals surface area contributed by atoms with Crippen LogP contribution in [0.15, 0.2) is 52.3 Å². The average molecular weight is 490 g/mol. The molecule has 0 radical (unpaired) electrons. The normalized spacial score (nSPS) is 17.2. The number of fused-ring (bicyclic) bond motifs is 1. The van der Waals surface area contributed by atoms with E-state index in [0.717, 1.165) is 16.3 Å². The van der Waals surface area contributed by atoms with Gasteiger partial charge in [-0.3, -0.25) is 9.59 Å². The lowest BCUT2D eigenvalue weighted by Gasteiger charge is -2.37. The molecule has 33 heavy (non-hydrogen) atoms. The zero-order valence-corrected chi connectivity index (χ0v) is 20.2. The van der Waals surface area contributed by atoms with Crippen LogP contribution in [0.2, 0.25) is 0 Å². The van der Waals surface area contributed by atoms with E-state index in [9.17, 15) is 18.0 Å². The Kier molecular flexibility index (Phi) is 6.85. The van der Waals surface area contributed by atoms with Gasteiger partial charge in [0.05, 0.1) is 29.2 Å². The second-order valence-corrected chi connectivity index (χ2v) is 11.2. The molecule has 2 heterocycles. The van der Waals surface area contributed by atoms with Crippen LogP contribution < -0.4 is 15.0 Å². The lowest BCUT2D eigenvalue weighted by atomic mass is 10.1. The average Bonchev–Trinajstić information content (AvgIpc) is 2.83. The highest BCUT2D eigenvalue weighted by atomic mass is 32.2. The number of hydrogen-bond donors (Lipinski definition) is 1. The van der Waals surface area contributed by atoms with E-state index < -0.39 is 15.8 Å². The molecule has 10 heteroatoms. The molecule has 176 valence electrons. The molecule has 1 atom stereocenters. The molecule has 2 aliphatic rings. The molecule has 0 aromatic heterocycles. The maximum absolute atomic E-state index is 13.0. The minimum absolute atomic E-state index is 0.117. The Balaban J connectivity index is 1.37. The molecule has 0 unspecified atom stereocenters. The summed E-state index contributed by atoms with van der Waals surface area (Å²) in [6, 6.07) is 12.5. The SMILES string of the molecule is COc1cccc(N2CCN(C(=O)[C@@H](C)CS(=O)(=O)c3ccc4c(c3)NC(=O)CS4)CC2)c1. The fourth-order valence-electron chi connectivity index (χ4n) is 4.06. The number of hydrogen-bond acceptors (Lipinski definition) is 7. The van der Waals surface area contributed by atoms with Crippen LogP contribution in [0.25, 0.3) is 0 Å². The highest BCUT2D eigenvalue weighted by Crippen LogP contribution is 2.33. The quantitative estimate of drug-likeness (QED) is 0.666. The van der Waals surface area contributed by atoms with Gasteiger partial charge in [0, 0.05) is 48.7 Å². The van der Waals surface area contributed by atoms with Gasteiger partial charge in [-0.05, 0) is 30.3 Å². The molecule has 0 bridgehead atoms. The van der Waals surface area contributed by atoms with Crippen molar-refractivity contribution in [1.29, 1.82) is 0 Å². The van der Waals surface area contributed by atoms with Gasteiger partial charge in [-0.2, -0.15) is 0 Å². The van der Waals surface area contributed by atoms with Crippen LogP contribution in [-0.2, 0) is 19.4 Å². The number of amides is 2. The zero-order valence-electron chi connectivity index (χ0n) is 18.6. The van der Waals surface area contributed by atoms with E-state index in [1.165, 1.54) is 17.8 Å². The number of nitrogens with one attached hydrogen (secondary N) is 1. The molecule has 2 aromatic carbocycles. The van der Waals surface area contributed by atoms with Crippen LogP contribution in [-0.4, -0.2) is 69.9 Å². The van der Waals surface area contributed by atoms with E-state index in [4.69, 9.17) is 4.74 Å². The number of thioether (sulfide) groups is 1. The second kappa shape index (κ2) is 9.64. The topological polar surface area (TPSA) is 96.0 Å². The Morgan fingerprint density at radius 1 is 1.15 bits per heavy atom. The van der Waals surface area contributed by atoms with Crippen LogP contribution in [0.3, 0.4) is 0 Å². The van der Waals surface area contributed by atoms with Crippen molar-refractivity contribution in [3.63, 3.8) is 0 Å². The van der Waals surface area contributed by atoms with Gasteiger partial charge >= 0.3 is 0 Å². The van der Waals surface area contributed by atoms with Crippen molar-refractivity contribution in [3.05, 3.63) is 42.5 Å². The van der Waals surface area contributed by atoms with Gasteiger partial charge in [0.1, 0.15) is 5.75 Å². The summed E-state index contributed by atoms with van der Waals surface area (Å²) in [4.78, 5) is 29.5. The summed E-state index contributed by atoms with van der Waals surface area (Å²) in [5.74, 6) is -0.162. The Morgan fingerprint density at radius 3 is 2.64 bits per heavy atom. The summed E-state index contributed by atoms with van der Waals surface area (Å²) in [6.45, 7) is 4.05. The fraction of sp³-hybridized carbons (Fsp3) is 0.391. The van der Waals surface area contributed by atoms with Gasteiger partial charge in [-0.15, -0.1) is 11.8 Å². The number of anilines is 2. The van der Waals surface area contributed by atoms with Crippen molar-refractivity contribution in [2.24, 2.45) is 5.92 Å². The smallest absolute Gasteiger partial charge is 0.234 e. The minimum atomic E-state index is -3.69. The van der Waals surface area contributed by atoms with Crippen molar-refractivity contribution >= 4 is 44.8 Å². The summed E-state index contributed by atoms with van der Waals surface area (Å²) in [7, 11) is -2.06. The third kappa shape index (κ3) is 5.27. The van der Waals surface area contributed by atoms with Gasteiger partial charge in [-0.25, -0.2) is 8.42 Å². The second-order valence-electron chi connectivity index (χ2n) is 8.19. The fourth-order valence-corrected chi connectivity index (χ4v) is 6.41. The van der Waals surface area contributed by atoms with Crippen LogP contribution >= 0.6 is 11.8 Å². The number of carbonyl (C=O) groups excluding carboxylic acids is 2. The van der Waals surface area contributed by atoms with Gasteiger partial charge in [-0.1, -0.05) is 13.0 Å². The van der Waals surface area contributed by atoms with Gasteiger partial charge in [0.2, 0.25) is 11.8 Å². The lowest BCUT2D eigenvalue weighted by molar-refractivity contribution is -0.134. The van der Waals surface area contributed by atoms with Crippen molar-refractivity contribution < 1.29 is 22.7 Å². The zero-order chi connectivity index (χ0) is 23.6. The van der Waals surface area contributed by atoms with Crippen LogP contribution in [0.5, 0.6) is 5.75 Å². The number of carbonyl (C=O) groups is 2. The van der Waals surface area contributed by atoms with Crippen LogP contribution in [0.1, 0.15) is 6.92 Å². The standard InChI is InChI=1S/C23H27N3O5S2/c1-16(15-33(29,30)19-6-7-21-20(13-19)24-22(27)14-32-21)23(28)26-10-8-25(9-11-26)17-4-3-5-18(12-17)31-2/h3-7,12-13,16H,8-11,14-15H2,1-2H3,(H,24,27)/t16-/m0/s1. The summed E-state index contributed by atoms with van der Waals surface area (Å²) in [5.41, 5.74) is 1.54. The Hall–Kier alpha value is -2.72. The molecule has 1 N–H and O–H groups in total. The molecule has 2 amide bonds. The molecule has 4 rings (SSSR count). The molecule has 8 nitrogen and oxygen atoms in total. The molecule has 2 aliphatic heterocycles. The third-order valence-corrected chi connectivity index (χ3v) is 8.83. The summed E-state index contributed by atoms with van der Waals surface area (Å²) in [5, 5.41) is 2.71. The summed E-state index contributed by atoms with van der Waals surface area (Å²) >= 11 is 1.38. The molecule has 0 aliphatic carbocycles. The predicted molar refractivity (Wildman–Crippen MR) is 129 cm³/mol. The first-order valence-corrected chi connectivity index (χ1v) is 13.4. The lowest BCUT2D eigenvalue weighted by Crippen LogP contribution is -2.50. The number of rotatable bonds is 6. The molecular weight excluding hydrogens is 462 g/mol. The number of ether oxygens (including phenoxy) is 1. The van der Waals surface area contributed by atoms with Gasteiger partial charge in [0.15, 0.2) is 9.84 Å². The largest absolute Gasteiger partial charge is 0.497 e. The van der Waals surface area contributed by atoms with E-state index in [1.54, 1.807) is 31.1 Å². The first kappa shape index (κ1) is 23.4. The minimum Gasteiger partial charge on any atom is -0.497 e. The first-order chi connectivity index (χ1) is 15.8. The maximum Gasteiger partial charge on any atom is 0.234 e. The summed E-state index contributed by atoms with van der Waals surface area (Å²) in [6.07, 6.45) is 0. The van der Waals surface area contributed by atoms with E-state index in [2.05, 4.69) is 10.2 Å². The Bertz CT molecular complexity index is 1160. The molecule has 1 saturated heterocycles. The van der Waals surface area contributed by atoms with Crippen molar-refractivity contribution in [2.75, 3.05) is 55.0 Å². The third-order valence-electron chi connectivity index (χ3n) is 5.84. The number of methoxy groups -OCH3 is 1. The van der Waals surface area contributed by atoms with E-state index in [0.29, 0.717) is 37.6 Å². The Labute approximate surface area is 198 Å².